The van der Waals surface area contributed by atoms with Crippen LogP contribution in [0.3, 0.4) is 0 Å². The Labute approximate surface area is 92.5 Å². The summed E-state index contributed by atoms with van der Waals surface area (Å²) in [5, 5.41) is 10.00. The number of aliphatic hydroxyl groups excluding tert-OH is 1. The average Bonchev–Trinajstić information content (AvgIpc) is 2.29. The number of hydrogen-bond donors (Lipinski definition) is 1. The minimum atomic E-state index is -1.71. The van der Waals surface area contributed by atoms with Crippen LogP contribution in [0.15, 0.2) is 24.3 Å². The number of hydrogen-bond acceptors (Lipinski definition) is 3. The summed E-state index contributed by atoms with van der Waals surface area (Å²) in [5.41, 5.74) is 1.23. The van der Waals surface area contributed by atoms with Crippen molar-refractivity contribution >= 4 is 14.5 Å². The van der Waals surface area contributed by atoms with E-state index < -0.39 is 9.28 Å². The third kappa shape index (κ3) is 3.42. The summed E-state index contributed by atoms with van der Waals surface area (Å²) in [6.07, 6.45) is 1.66. The molecule has 0 bridgehead atoms. The fourth-order valence-electron chi connectivity index (χ4n) is 1.61. The van der Waals surface area contributed by atoms with Gasteiger partial charge in [0, 0.05) is 20.8 Å². The van der Waals surface area contributed by atoms with Crippen LogP contribution in [0.4, 0.5) is 0 Å². The van der Waals surface area contributed by atoms with E-state index >= 15 is 0 Å². The summed E-state index contributed by atoms with van der Waals surface area (Å²) >= 11 is 0. The zero-order valence-corrected chi connectivity index (χ0v) is 10.4. The van der Waals surface area contributed by atoms with Crippen LogP contribution in [-0.4, -0.2) is 35.2 Å². The van der Waals surface area contributed by atoms with E-state index in [1.807, 2.05) is 12.1 Å². The highest BCUT2D eigenvalue weighted by Gasteiger charge is 2.16. The Morgan fingerprint density at radius 1 is 1.20 bits per heavy atom. The quantitative estimate of drug-likeness (QED) is 0.711. The maximum atomic E-state index is 8.82. The van der Waals surface area contributed by atoms with Crippen molar-refractivity contribution in [1.82, 2.24) is 0 Å². The van der Waals surface area contributed by atoms with Crippen molar-refractivity contribution < 1.29 is 14.0 Å². The maximum absolute atomic E-state index is 8.82. The Balaban J connectivity index is 2.84. The second-order valence-electron chi connectivity index (χ2n) is 3.33. The van der Waals surface area contributed by atoms with Crippen LogP contribution in [0, 0.1) is 0 Å². The number of aryl methyl sites for hydroxylation is 1. The van der Waals surface area contributed by atoms with E-state index in [4.69, 9.17) is 14.0 Å². The molecule has 84 valence electrons. The second kappa shape index (κ2) is 6.74. The molecule has 0 aliphatic carbocycles. The molecule has 1 aromatic rings. The van der Waals surface area contributed by atoms with Crippen molar-refractivity contribution in [2.75, 3.05) is 20.8 Å². The third-order valence-electron chi connectivity index (χ3n) is 2.34. The molecule has 1 aromatic carbocycles. The van der Waals surface area contributed by atoms with Crippen molar-refractivity contribution in [2.24, 2.45) is 0 Å². The van der Waals surface area contributed by atoms with Gasteiger partial charge >= 0.3 is 9.28 Å². The molecule has 0 spiro atoms. The minimum Gasteiger partial charge on any atom is -0.397 e. The fraction of sp³-hybridized carbons (Fsp3) is 0.455. The monoisotopic (exact) mass is 226 g/mol. The van der Waals surface area contributed by atoms with E-state index in [0.29, 0.717) is 0 Å². The van der Waals surface area contributed by atoms with E-state index in [-0.39, 0.29) is 6.61 Å². The van der Waals surface area contributed by atoms with Gasteiger partial charge in [-0.2, -0.15) is 0 Å². The Morgan fingerprint density at radius 3 is 2.47 bits per heavy atom. The lowest BCUT2D eigenvalue weighted by Gasteiger charge is -2.15. The van der Waals surface area contributed by atoms with Crippen molar-refractivity contribution in [3.63, 3.8) is 0 Å². The fourth-order valence-corrected chi connectivity index (χ4v) is 3.12. The number of rotatable bonds is 6. The lowest BCUT2D eigenvalue weighted by Crippen LogP contribution is -2.37. The van der Waals surface area contributed by atoms with Crippen LogP contribution in [0.1, 0.15) is 12.0 Å². The molecule has 0 saturated carbocycles. The van der Waals surface area contributed by atoms with Gasteiger partial charge in [-0.3, -0.25) is 0 Å². The van der Waals surface area contributed by atoms with Gasteiger partial charge in [-0.1, -0.05) is 24.3 Å². The molecule has 0 fully saturated rings. The predicted molar refractivity (Wildman–Crippen MR) is 62.6 cm³/mol. The summed E-state index contributed by atoms with van der Waals surface area (Å²) in [6.45, 7) is 0.223. The van der Waals surface area contributed by atoms with E-state index in [1.165, 1.54) is 10.8 Å². The summed E-state index contributed by atoms with van der Waals surface area (Å²) in [7, 11) is 1.65. The molecule has 0 saturated heterocycles. The Morgan fingerprint density at radius 2 is 1.87 bits per heavy atom. The third-order valence-corrected chi connectivity index (χ3v) is 4.27. The van der Waals surface area contributed by atoms with Crippen LogP contribution < -0.4 is 5.19 Å². The van der Waals surface area contributed by atoms with E-state index in [9.17, 15) is 0 Å². The van der Waals surface area contributed by atoms with Gasteiger partial charge in [0.15, 0.2) is 0 Å². The highest BCUT2D eigenvalue weighted by molar-refractivity contribution is 6.61. The highest BCUT2D eigenvalue weighted by atomic mass is 28.3. The van der Waals surface area contributed by atoms with Crippen LogP contribution in [0.5, 0.6) is 0 Å². The van der Waals surface area contributed by atoms with Crippen molar-refractivity contribution in [2.45, 2.75) is 12.8 Å². The van der Waals surface area contributed by atoms with E-state index in [2.05, 4.69) is 12.1 Å². The maximum Gasteiger partial charge on any atom is 0.355 e. The molecule has 0 radical (unpaired) electrons. The molecule has 0 atom stereocenters. The lowest BCUT2D eigenvalue weighted by atomic mass is 10.1. The van der Waals surface area contributed by atoms with Crippen LogP contribution in [0.25, 0.3) is 0 Å². The molecular formula is C11H18O3Si. The first-order chi connectivity index (χ1) is 7.33. The second-order valence-corrected chi connectivity index (χ2v) is 5.56. The molecule has 0 amide bonds. The molecule has 1 rings (SSSR count). The number of benzene rings is 1. The SMILES string of the molecule is CO[SiH](OC)c1ccccc1CCCO. The minimum absolute atomic E-state index is 0.223. The molecule has 4 heteroatoms. The van der Waals surface area contributed by atoms with Gasteiger partial charge in [0.05, 0.1) is 0 Å². The topological polar surface area (TPSA) is 38.7 Å². The highest BCUT2D eigenvalue weighted by Crippen LogP contribution is 2.03. The van der Waals surface area contributed by atoms with Crippen LogP contribution >= 0.6 is 0 Å². The molecular weight excluding hydrogens is 208 g/mol. The first-order valence-electron chi connectivity index (χ1n) is 5.07. The van der Waals surface area contributed by atoms with Gasteiger partial charge in [0.1, 0.15) is 0 Å². The first kappa shape index (κ1) is 12.4. The molecule has 0 aliphatic heterocycles. The molecule has 0 aliphatic rings. The zero-order valence-electron chi connectivity index (χ0n) is 9.27. The normalized spacial score (nSPS) is 10.9. The zero-order chi connectivity index (χ0) is 11.1. The summed E-state index contributed by atoms with van der Waals surface area (Å²) in [5.74, 6) is 0. The molecule has 0 unspecified atom stereocenters. The molecule has 0 aromatic heterocycles. The summed E-state index contributed by atoms with van der Waals surface area (Å²) in [6, 6.07) is 8.13. The van der Waals surface area contributed by atoms with Crippen molar-refractivity contribution in [1.29, 1.82) is 0 Å². The molecule has 3 nitrogen and oxygen atoms in total. The molecule has 1 N–H and O–H groups in total. The smallest absolute Gasteiger partial charge is 0.355 e. The van der Waals surface area contributed by atoms with Gasteiger partial charge in [-0.15, -0.1) is 0 Å². The van der Waals surface area contributed by atoms with Crippen molar-refractivity contribution in [3.8, 4) is 0 Å². The average molecular weight is 226 g/mol. The van der Waals surface area contributed by atoms with E-state index in [0.717, 1.165) is 12.8 Å². The standard InChI is InChI=1S/C11H18O3Si/c1-13-15(14-2)11-8-4-3-6-10(11)7-5-9-12/h3-4,6,8,12,15H,5,7,9H2,1-2H3. The molecule has 15 heavy (non-hydrogen) atoms. The predicted octanol–water partition coefficient (Wildman–Crippen LogP) is 0.332. The number of aliphatic hydroxyl groups is 1. The molecule has 0 heterocycles. The van der Waals surface area contributed by atoms with Crippen LogP contribution in [-0.2, 0) is 15.3 Å². The van der Waals surface area contributed by atoms with Crippen molar-refractivity contribution in [3.05, 3.63) is 29.8 Å². The Kier molecular flexibility index (Phi) is 5.56. The lowest BCUT2D eigenvalue weighted by molar-refractivity contribution is 0.286. The van der Waals surface area contributed by atoms with Gasteiger partial charge < -0.3 is 14.0 Å². The summed E-state index contributed by atoms with van der Waals surface area (Å²) in [4.78, 5) is 0. The van der Waals surface area contributed by atoms with Gasteiger partial charge in [-0.25, -0.2) is 0 Å². The van der Waals surface area contributed by atoms with E-state index in [1.54, 1.807) is 14.2 Å². The first-order valence-corrected chi connectivity index (χ1v) is 6.59. The van der Waals surface area contributed by atoms with Gasteiger partial charge in [-0.05, 0) is 23.6 Å². The largest absolute Gasteiger partial charge is 0.397 e. The summed E-state index contributed by atoms with van der Waals surface area (Å²) < 4.78 is 10.7. The van der Waals surface area contributed by atoms with Crippen LogP contribution in [0.2, 0.25) is 0 Å². The Hall–Kier alpha value is -0.683. The van der Waals surface area contributed by atoms with Gasteiger partial charge in [0.2, 0.25) is 0 Å². The Bertz CT molecular complexity index is 287. The van der Waals surface area contributed by atoms with Gasteiger partial charge in [0.25, 0.3) is 0 Å².